The van der Waals surface area contributed by atoms with E-state index in [-0.39, 0.29) is 11.7 Å². The highest BCUT2D eigenvalue weighted by Crippen LogP contribution is 2.26. The molecule has 2 heterocycles. The summed E-state index contributed by atoms with van der Waals surface area (Å²) in [5, 5.41) is 7.93. The maximum Gasteiger partial charge on any atom is 0.265 e. The molecule has 0 aliphatic carbocycles. The van der Waals surface area contributed by atoms with Crippen molar-refractivity contribution in [3.05, 3.63) is 21.8 Å². The standard InChI is InChI=1S/C13H20N6OS/c1-7-9(8(2)19(5)17-7)6-15-12(20)10-11(14)16-13(21-10)18(3)4/h6,14H2,1-5H3,(H,15,20). The van der Waals surface area contributed by atoms with Crippen LogP contribution in [0.5, 0.6) is 0 Å². The van der Waals surface area contributed by atoms with Gasteiger partial charge in [0.2, 0.25) is 0 Å². The number of nitrogen functional groups attached to an aromatic ring is 1. The lowest BCUT2D eigenvalue weighted by molar-refractivity contribution is 0.0955. The molecule has 114 valence electrons. The molecule has 0 radical (unpaired) electrons. The van der Waals surface area contributed by atoms with E-state index < -0.39 is 0 Å². The summed E-state index contributed by atoms with van der Waals surface area (Å²) in [6, 6.07) is 0. The van der Waals surface area contributed by atoms with Crippen LogP contribution in [-0.4, -0.2) is 34.8 Å². The van der Waals surface area contributed by atoms with Crippen LogP contribution >= 0.6 is 11.3 Å². The Morgan fingerprint density at radius 2 is 2.10 bits per heavy atom. The first-order valence-electron chi connectivity index (χ1n) is 6.52. The maximum absolute atomic E-state index is 12.2. The number of nitrogens with zero attached hydrogens (tertiary/aromatic N) is 4. The molecule has 3 N–H and O–H groups in total. The van der Waals surface area contributed by atoms with Crippen LogP contribution in [-0.2, 0) is 13.6 Å². The van der Waals surface area contributed by atoms with Gasteiger partial charge < -0.3 is 16.0 Å². The van der Waals surface area contributed by atoms with Crippen LogP contribution in [0.1, 0.15) is 26.6 Å². The Balaban J connectivity index is 2.12. The molecular formula is C13H20N6OS. The van der Waals surface area contributed by atoms with Crippen molar-refractivity contribution < 1.29 is 4.79 Å². The summed E-state index contributed by atoms with van der Waals surface area (Å²) in [6.45, 7) is 4.34. The first-order valence-corrected chi connectivity index (χ1v) is 7.33. The Morgan fingerprint density at radius 1 is 1.43 bits per heavy atom. The molecule has 0 aliphatic heterocycles. The molecular weight excluding hydrogens is 288 g/mol. The molecule has 0 saturated heterocycles. The van der Waals surface area contributed by atoms with Gasteiger partial charge >= 0.3 is 0 Å². The maximum atomic E-state index is 12.2. The quantitative estimate of drug-likeness (QED) is 0.882. The molecule has 0 fully saturated rings. The van der Waals surface area contributed by atoms with Gasteiger partial charge in [-0.15, -0.1) is 0 Å². The van der Waals surface area contributed by atoms with Gasteiger partial charge in [-0.2, -0.15) is 5.10 Å². The van der Waals surface area contributed by atoms with Crippen molar-refractivity contribution in [2.45, 2.75) is 20.4 Å². The second kappa shape index (κ2) is 5.72. The molecule has 1 amide bonds. The van der Waals surface area contributed by atoms with Crippen molar-refractivity contribution in [2.75, 3.05) is 24.7 Å². The highest BCUT2D eigenvalue weighted by molar-refractivity contribution is 7.18. The van der Waals surface area contributed by atoms with E-state index in [1.54, 1.807) is 0 Å². The number of nitrogens with two attached hydrogens (primary N) is 1. The van der Waals surface area contributed by atoms with Gasteiger partial charge in [0.1, 0.15) is 10.7 Å². The van der Waals surface area contributed by atoms with Crippen LogP contribution in [0.4, 0.5) is 10.9 Å². The monoisotopic (exact) mass is 308 g/mol. The van der Waals surface area contributed by atoms with Gasteiger partial charge in [-0.3, -0.25) is 9.48 Å². The predicted octanol–water partition coefficient (Wildman–Crippen LogP) is 1.07. The highest BCUT2D eigenvalue weighted by Gasteiger charge is 2.18. The van der Waals surface area contributed by atoms with Gasteiger partial charge in [-0.1, -0.05) is 11.3 Å². The van der Waals surface area contributed by atoms with Crippen LogP contribution in [0.25, 0.3) is 0 Å². The van der Waals surface area contributed by atoms with E-state index in [2.05, 4.69) is 15.4 Å². The SMILES string of the molecule is Cc1nn(C)c(C)c1CNC(=O)c1sc(N(C)C)nc1N. The van der Waals surface area contributed by atoms with Crippen molar-refractivity contribution in [2.24, 2.45) is 7.05 Å². The summed E-state index contributed by atoms with van der Waals surface area (Å²) in [7, 11) is 5.61. The summed E-state index contributed by atoms with van der Waals surface area (Å²) >= 11 is 1.28. The molecule has 0 atom stereocenters. The van der Waals surface area contributed by atoms with Crippen LogP contribution in [0, 0.1) is 13.8 Å². The average molecular weight is 308 g/mol. The zero-order chi connectivity index (χ0) is 15.7. The lowest BCUT2D eigenvalue weighted by Gasteiger charge is -2.05. The number of nitrogens with one attached hydrogen (secondary N) is 1. The largest absolute Gasteiger partial charge is 0.382 e. The third-order valence-electron chi connectivity index (χ3n) is 3.32. The zero-order valence-corrected chi connectivity index (χ0v) is 13.7. The second-order valence-electron chi connectivity index (χ2n) is 5.06. The van der Waals surface area contributed by atoms with Gasteiger partial charge in [0.05, 0.1) is 5.69 Å². The van der Waals surface area contributed by atoms with Crippen molar-refractivity contribution in [3.8, 4) is 0 Å². The fraction of sp³-hybridized carbons (Fsp3) is 0.462. The Labute approximate surface area is 127 Å². The van der Waals surface area contributed by atoms with Crippen LogP contribution in [0.15, 0.2) is 0 Å². The Kier molecular flexibility index (Phi) is 4.17. The first-order chi connectivity index (χ1) is 9.81. The molecule has 0 aromatic carbocycles. The summed E-state index contributed by atoms with van der Waals surface area (Å²) in [6.07, 6.45) is 0. The number of aromatic nitrogens is 3. The minimum atomic E-state index is -0.208. The van der Waals surface area contributed by atoms with E-state index in [0.717, 1.165) is 17.0 Å². The highest BCUT2D eigenvalue weighted by atomic mass is 32.1. The number of rotatable bonds is 4. The molecule has 2 aromatic rings. The fourth-order valence-corrected chi connectivity index (χ4v) is 2.82. The van der Waals surface area contributed by atoms with E-state index in [4.69, 9.17) is 5.73 Å². The van der Waals surface area contributed by atoms with Gasteiger partial charge in [-0.05, 0) is 13.8 Å². The summed E-state index contributed by atoms with van der Waals surface area (Å²) < 4.78 is 1.81. The fourth-order valence-electron chi connectivity index (χ4n) is 2.00. The number of hydrogen-bond donors (Lipinski definition) is 2. The van der Waals surface area contributed by atoms with Crippen molar-refractivity contribution in [1.82, 2.24) is 20.1 Å². The van der Waals surface area contributed by atoms with Crippen molar-refractivity contribution in [3.63, 3.8) is 0 Å². The van der Waals surface area contributed by atoms with Gasteiger partial charge in [0.25, 0.3) is 5.91 Å². The summed E-state index contributed by atoms with van der Waals surface area (Å²) in [5.74, 6) is 0.0570. The normalized spacial score (nSPS) is 10.7. The topological polar surface area (TPSA) is 89.1 Å². The van der Waals surface area contributed by atoms with Gasteiger partial charge in [-0.25, -0.2) is 4.98 Å². The van der Waals surface area contributed by atoms with Crippen LogP contribution < -0.4 is 16.0 Å². The predicted molar refractivity (Wildman–Crippen MR) is 84.7 cm³/mol. The molecule has 0 unspecified atom stereocenters. The lowest BCUT2D eigenvalue weighted by Crippen LogP contribution is -2.23. The van der Waals surface area contributed by atoms with E-state index in [9.17, 15) is 4.79 Å². The number of aryl methyl sites for hydroxylation is 2. The molecule has 2 aromatic heterocycles. The molecule has 21 heavy (non-hydrogen) atoms. The number of carbonyl (C=O) groups is 1. The van der Waals surface area contributed by atoms with E-state index in [1.807, 2.05) is 44.6 Å². The van der Waals surface area contributed by atoms with Gasteiger partial charge in [0, 0.05) is 38.9 Å². The van der Waals surface area contributed by atoms with Gasteiger partial charge in [0.15, 0.2) is 5.13 Å². The number of amides is 1. The third-order valence-corrected chi connectivity index (χ3v) is 4.55. The molecule has 0 bridgehead atoms. The first kappa shape index (κ1) is 15.3. The lowest BCUT2D eigenvalue weighted by atomic mass is 10.2. The summed E-state index contributed by atoms with van der Waals surface area (Å²) in [5.41, 5.74) is 8.80. The average Bonchev–Trinajstić information content (AvgIpc) is 2.90. The Hall–Kier alpha value is -2.09. The summed E-state index contributed by atoms with van der Waals surface area (Å²) in [4.78, 5) is 18.7. The van der Waals surface area contributed by atoms with Crippen LogP contribution in [0.2, 0.25) is 0 Å². The van der Waals surface area contributed by atoms with E-state index >= 15 is 0 Å². The molecule has 8 heteroatoms. The zero-order valence-electron chi connectivity index (χ0n) is 12.9. The molecule has 7 nitrogen and oxygen atoms in total. The number of hydrogen-bond acceptors (Lipinski definition) is 6. The molecule has 0 saturated carbocycles. The molecule has 0 aliphatic rings. The smallest absolute Gasteiger partial charge is 0.265 e. The molecule has 0 spiro atoms. The minimum Gasteiger partial charge on any atom is -0.382 e. The van der Waals surface area contributed by atoms with Crippen LogP contribution in [0.3, 0.4) is 0 Å². The molecule has 2 rings (SSSR count). The second-order valence-corrected chi connectivity index (χ2v) is 6.04. The van der Waals surface area contributed by atoms with Crippen molar-refractivity contribution >= 4 is 28.2 Å². The third kappa shape index (κ3) is 2.99. The minimum absolute atomic E-state index is 0.208. The number of thiazole rings is 1. The number of carbonyl (C=O) groups excluding carboxylic acids is 1. The Bertz CT molecular complexity index is 672. The number of anilines is 2. The van der Waals surface area contributed by atoms with E-state index in [0.29, 0.717) is 16.6 Å². The van der Waals surface area contributed by atoms with E-state index in [1.165, 1.54) is 11.3 Å². The Morgan fingerprint density at radius 3 is 2.57 bits per heavy atom. The van der Waals surface area contributed by atoms with Crippen molar-refractivity contribution in [1.29, 1.82) is 0 Å².